The van der Waals surface area contributed by atoms with Gasteiger partial charge in [0.1, 0.15) is 0 Å². The summed E-state index contributed by atoms with van der Waals surface area (Å²) in [6.07, 6.45) is 0.570. The van der Waals surface area contributed by atoms with E-state index in [1.165, 1.54) is 0 Å². The van der Waals surface area contributed by atoms with Gasteiger partial charge < -0.3 is 5.11 Å². The largest absolute Gasteiger partial charge is 0.392 e. The average molecular weight is 181 g/mol. The van der Waals surface area contributed by atoms with E-state index in [4.69, 9.17) is 5.11 Å². The highest BCUT2D eigenvalue weighted by molar-refractivity contribution is 9.10. The van der Waals surface area contributed by atoms with Gasteiger partial charge in [-0.2, -0.15) is 0 Å². The summed E-state index contributed by atoms with van der Waals surface area (Å²) in [5, 5.41) is 9.15. The molecule has 0 aromatic rings. The molecule has 0 aliphatic rings. The smallest absolute Gasteiger partial charge is 0.0685 e. The molecular formula is C6H13BrO. The van der Waals surface area contributed by atoms with Crippen molar-refractivity contribution in [1.29, 1.82) is 0 Å². The first-order valence-electron chi connectivity index (χ1n) is 2.85. The summed E-state index contributed by atoms with van der Waals surface area (Å²) in [5.41, 5.74) is 0. The van der Waals surface area contributed by atoms with Crippen molar-refractivity contribution in [1.82, 2.24) is 0 Å². The van der Waals surface area contributed by atoms with E-state index in [9.17, 15) is 0 Å². The van der Waals surface area contributed by atoms with Gasteiger partial charge in [-0.1, -0.05) is 22.9 Å². The van der Waals surface area contributed by atoms with Crippen molar-refractivity contribution in [3.05, 3.63) is 0 Å². The maximum atomic E-state index is 9.15. The molecule has 50 valence electrons. The molecule has 1 N–H and O–H groups in total. The standard InChI is InChI=1S/C6H13BrO/c1-4-5(8)6(2,3)7/h5,8H,4H2,1-3H3. The highest BCUT2D eigenvalue weighted by Gasteiger charge is 2.21. The number of halogens is 1. The molecule has 0 bridgehead atoms. The van der Waals surface area contributed by atoms with Crippen LogP contribution in [0.5, 0.6) is 0 Å². The van der Waals surface area contributed by atoms with Crippen molar-refractivity contribution >= 4 is 15.9 Å². The molecule has 0 saturated carbocycles. The van der Waals surface area contributed by atoms with Gasteiger partial charge in [-0.05, 0) is 20.3 Å². The number of alkyl halides is 1. The van der Waals surface area contributed by atoms with E-state index in [0.717, 1.165) is 6.42 Å². The Labute approximate surface area is 59.2 Å². The first-order valence-corrected chi connectivity index (χ1v) is 3.64. The van der Waals surface area contributed by atoms with Gasteiger partial charge in [-0.3, -0.25) is 0 Å². The number of rotatable bonds is 2. The molecular weight excluding hydrogens is 168 g/mol. The Balaban J connectivity index is 3.62. The summed E-state index contributed by atoms with van der Waals surface area (Å²) >= 11 is 3.35. The number of hydrogen-bond acceptors (Lipinski definition) is 1. The molecule has 0 amide bonds. The van der Waals surface area contributed by atoms with Crippen LogP contribution < -0.4 is 0 Å². The summed E-state index contributed by atoms with van der Waals surface area (Å²) < 4.78 is -0.123. The molecule has 0 heterocycles. The average Bonchev–Trinajstić information content (AvgIpc) is 1.62. The zero-order chi connectivity index (χ0) is 6.78. The summed E-state index contributed by atoms with van der Waals surface area (Å²) in [4.78, 5) is 0. The van der Waals surface area contributed by atoms with Crippen molar-refractivity contribution < 1.29 is 5.11 Å². The minimum absolute atomic E-state index is 0.123. The minimum atomic E-state index is -0.234. The molecule has 2 heteroatoms. The van der Waals surface area contributed by atoms with E-state index in [1.54, 1.807) is 0 Å². The van der Waals surface area contributed by atoms with Gasteiger partial charge in [0.25, 0.3) is 0 Å². The summed E-state index contributed by atoms with van der Waals surface area (Å²) in [6.45, 7) is 5.88. The first kappa shape index (κ1) is 8.44. The second-order valence-electron chi connectivity index (χ2n) is 2.49. The molecule has 8 heavy (non-hydrogen) atoms. The predicted molar refractivity (Wildman–Crippen MR) is 39.3 cm³/mol. The lowest BCUT2D eigenvalue weighted by molar-refractivity contribution is 0.141. The molecule has 1 unspecified atom stereocenters. The van der Waals surface area contributed by atoms with E-state index >= 15 is 0 Å². The van der Waals surface area contributed by atoms with Gasteiger partial charge in [0.05, 0.1) is 6.10 Å². The summed E-state index contributed by atoms with van der Waals surface area (Å²) in [5.74, 6) is 0. The SMILES string of the molecule is CCC(O)C(C)(C)Br. The van der Waals surface area contributed by atoms with Crippen LogP contribution in [0.3, 0.4) is 0 Å². The second-order valence-corrected chi connectivity index (χ2v) is 4.53. The third-order valence-corrected chi connectivity index (χ3v) is 1.71. The van der Waals surface area contributed by atoms with Gasteiger partial charge in [0.2, 0.25) is 0 Å². The number of aliphatic hydroxyl groups excluding tert-OH is 1. The third kappa shape index (κ3) is 2.68. The quantitative estimate of drug-likeness (QED) is 0.645. The fourth-order valence-corrected chi connectivity index (χ4v) is 0.809. The van der Waals surface area contributed by atoms with Crippen LogP contribution in [0.4, 0.5) is 0 Å². The molecule has 1 atom stereocenters. The van der Waals surface area contributed by atoms with E-state index in [1.807, 2.05) is 20.8 Å². The van der Waals surface area contributed by atoms with Crippen LogP contribution in [0.25, 0.3) is 0 Å². The molecule has 0 saturated heterocycles. The van der Waals surface area contributed by atoms with Crippen molar-refractivity contribution in [2.75, 3.05) is 0 Å². The Morgan fingerprint density at radius 3 is 2.00 bits per heavy atom. The van der Waals surface area contributed by atoms with Crippen LogP contribution >= 0.6 is 15.9 Å². The van der Waals surface area contributed by atoms with Crippen molar-refractivity contribution in [3.8, 4) is 0 Å². The maximum absolute atomic E-state index is 9.15. The van der Waals surface area contributed by atoms with E-state index < -0.39 is 0 Å². The monoisotopic (exact) mass is 180 g/mol. The van der Waals surface area contributed by atoms with Crippen LogP contribution in [0.2, 0.25) is 0 Å². The zero-order valence-corrected chi connectivity index (χ0v) is 7.20. The molecule has 0 aromatic carbocycles. The predicted octanol–water partition coefficient (Wildman–Crippen LogP) is 1.93. The van der Waals surface area contributed by atoms with Gasteiger partial charge in [-0.25, -0.2) is 0 Å². The van der Waals surface area contributed by atoms with Crippen LogP contribution in [-0.4, -0.2) is 15.5 Å². The topological polar surface area (TPSA) is 20.2 Å². The van der Waals surface area contributed by atoms with Gasteiger partial charge in [0, 0.05) is 4.32 Å². The Bertz CT molecular complexity index is 65.4. The Kier molecular flexibility index (Phi) is 2.99. The fraction of sp³-hybridized carbons (Fsp3) is 1.00. The van der Waals surface area contributed by atoms with Crippen LogP contribution in [0.1, 0.15) is 27.2 Å². The molecule has 0 aliphatic heterocycles. The van der Waals surface area contributed by atoms with Gasteiger partial charge in [0.15, 0.2) is 0 Å². The second kappa shape index (κ2) is 2.83. The molecule has 0 spiro atoms. The minimum Gasteiger partial charge on any atom is -0.392 e. The zero-order valence-electron chi connectivity index (χ0n) is 5.61. The first-order chi connectivity index (χ1) is 3.48. The number of aliphatic hydroxyl groups is 1. The Morgan fingerprint density at radius 1 is 1.62 bits per heavy atom. The highest BCUT2D eigenvalue weighted by Crippen LogP contribution is 2.22. The van der Waals surface area contributed by atoms with Crippen molar-refractivity contribution in [3.63, 3.8) is 0 Å². The normalized spacial score (nSPS) is 16.1. The van der Waals surface area contributed by atoms with Gasteiger partial charge >= 0.3 is 0 Å². The fourth-order valence-electron chi connectivity index (χ4n) is 0.485. The van der Waals surface area contributed by atoms with Crippen molar-refractivity contribution in [2.45, 2.75) is 37.6 Å². The van der Waals surface area contributed by atoms with Crippen LogP contribution in [0.15, 0.2) is 0 Å². The van der Waals surface area contributed by atoms with Gasteiger partial charge in [-0.15, -0.1) is 0 Å². The molecule has 1 nitrogen and oxygen atoms in total. The lowest BCUT2D eigenvalue weighted by Gasteiger charge is -2.21. The van der Waals surface area contributed by atoms with E-state index in [-0.39, 0.29) is 10.4 Å². The molecule has 0 aliphatic carbocycles. The van der Waals surface area contributed by atoms with Crippen molar-refractivity contribution in [2.24, 2.45) is 0 Å². The Hall–Kier alpha value is 0.440. The highest BCUT2D eigenvalue weighted by atomic mass is 79.9. The molecule has 0 aromatic heterocycles. The lowest BCUT2D eigenvalue weighted by Crippen LogP contribution is -2.28. The maximum Gasteiger partial charge on any atom is 0.0685 e. The summed E-state index contributed by atoms with van der Waals surface area (Å²) in [6, 6.07) is 0. The molecule has 0 fully saturated rings. The van der Waals surface area contributed by atoms with E-state index in [0.29, 0.717) is 0 Å². The molecule has 0 rings (SSSR count). The molecule has 0 radical (unpaired) electrons. The summed E-state index contributed by atoms with van der Waals surface area (Å²) in [7, 11) is 0. The number of hydrogen-bond donors (Lipinski definition) is 1. The lowest BCUT2D eigenvalue weighted by atomic mass is 10.1. The van der Waals surface area contributed by atoms with Crippen LogP contribution in [0, 0.1) is 0 Å². The van der Waals surface area contributed by atoms with E-state index in [2.05, 4.69) is 15.9 Å². The third-order valence-electron chi connectivity index (χ3n) is 1.18. The Morgan fingerprint density at radius 2 is 2.00 bits per heavy atom. The van der Waals surface area contributed by atoms with Crippen LogP contribution in [-0.2, 0) is 0 Å².